The molecule has 0 saturated carbocycles. The topological polar surface area (TPSA) is 97.1 Å². The lowest BCUT2D eigenvalue weighted by atomic mass is 9.86. The van der Waals surface area contributed by atoms with E-state index in [1.54, 1.807) is 6.92 Å². The maximum Gasteiger partial charge on any atom is 0.223 e. The van der Waals surface area contributed by atoms with Gasteiger partial charge in [0.1, 0.15) is 17.3 Å². The maximum atomic E-state index is 9.52. The van der Waals surface area contributed by atoms with Crippen LogP contribution in [0, 0.1) is 18.3 Å². The highest BCUT2D eigenvalue weighted by Gasteiger charge is 2.34. The van der Waals surface area contributed by atoms with Gasteiger partial charge in [-0.15, -0.1) is 0 Å². The summed E-state index contributed by atoms with van der Waals surface area (Å²) < 4.78 is 11.2. The number of para-hydroxylation sites is 1. The summed E-state index contributed by atoms with van der Waals surface area (Å²) in [7, 11) is 0. The fourth-order valence-corrected chi connectivity index (χ4v) is 2.64. The Balaban J connectivity index is 2.21. The van der Waals surface area contributed by atoms with Crippen LogP contribution in [0.3, 0.4) is 0 Å². The molecule has 1 aromatic heterocycles. The van der Waals surface area contributed by atoms with Crippen LogP contribution in [0.2, 0.25) is 0 Å². The van der Waals surface area contributed by atoms with Gasteiger partial charge in [-0.05, 0) is 13.0 Å². The van der Waals surface area contributed by atoms with Crippen molar-refractivity contribution in [2.75, 3.05) is 11.9 Å². The first-order valence-electron chi connectivity index (χ1n) is 7.01. The van der Waals surface area contributed by atoms with Crippen LogP contribution in [0.5, 0.6) is 5.75 Å². The number of benzene rings is 1. The molecule has 1 unspecified atom stereocenters. The van der Waals surface area contributed by atoms with Gasteiger partial charge in [0.2, 0.25) is 5.88 Å². The summed E-state index contributed by atoms with van der Waals surface area (Å²) in [4.78, 5) is 4.42. The summed E-state index contributed by atoms with van der Waals surface area (Å²) >= 11 is 0. The lowest BCUT2D eigenvalue weighted by Gasteiger charge is -2.24. The summed E-state index contributed by atoms with van der Waals surface area (Å²) in [6, 6.07) is 9.76. The molecule has 1 atom stereocenters. The predicted molar refractivity (Wildman–Crippen MR) is 81.1 cm³/mol. The average molecular weight is 296 g/mol. The van der Waals surface area contributed by atoms with Crippen molar-refractivity contribution < 1.29 is 9.15 Å². The normalized spacial score (nSPS) is 16.7. The summed E-state index contributed by atoms with van der Waals surface area (Å²) in [5, 5.41) is 12.4. The molecule has 2 aromatic rings. The van der Waals surface area contributed by atoms with E-state index in [2.05, 4.69) is 16.4 Å². The van der Waals surface area contributed by atoms with Gasteiger partial charge in [-0.1, -0.05) is 18.2 Å². The molecular formula is C16H16N4O2. The zero-order valence-corrected chi connectivity index (χ0v) is 12.4. The molecule has 1 aromatic carbocycles. The Labute approximate surface area is 128 Å². The number of nitriles is 1. The first kappa shape index (κ1) is 14.0. The lowest BCUT2D eigenvalue weighted by molar-refractivity contribution is 0.336. The van der Waals surface area contributed by atoms with Crippen LogP contribution < -0.4 is 15.8 Å². The van der Waals surface area contributed by atoms with Gasteiger partial charge in [0.15, 0.2) is 5.89 Å². The predicted octanol–water partition coefficient (Wildman–Crippen LogP) is 2.63. The van der Waals surface area contributed by atoms with E-state index in [0.29, 0.717) is 35.4 Å². The Morgan fingerprint density at radius 2 is 2.23 bits per heavy atom. The summed E-state index contributed by atoms with van der Waals surface area (Å²) in [6.45, 7) is 4.21. The molecule has 6 heteroatoms. The number of aryl methyl sites for hydroxylation is 1. The van der Waals surface area contributed by atoms with E-state index in [-0.39, 0.29) is 5.82 Å². The van der Waals surface area contributed by atoms with Gasteiger partial charge in [-0.2, -0.15) is 5.26 Å². The van der Waals surface area contributed by atoms with Crippen molar-refractivity contribution >= 4 is 5.88 Å². The number of hydrogen-bond donors (Lipinski definition) is 2. The number of anilines is 1. The molecule has 1 aliphatic rings. The van der Waals surface area contributed by atoms with Crippen molar-refractivity contribution in [1.82, 2.24) is 4.98 Å². The van der Waals surface area contributed by atoms with Crippen molar-refractivity contribution in [2.24, 2.45) is 5.73 Å². The highest BCUT2D eigenvalue weighted by atomic mass is 16.5. The van der Waals surface area contributed by atoms with Gasteiger partial charge in [-0.3, -0.25) is 0 Å². The SMILES string of the molecule is CCOc1ccccc1C1C(C#N)=C(N)Nc2oc(C)nc21. The second kappa shape index (κ2) is 5.45. The maximum absolute atomic E-state index is 9.52. The number of nitrogens with two attached hydrogens (primary N) is 1. The van der Waals surface area contributed by atoms with Crippen molar-refractivity contribution in [2.45, 2.75) is 19.8 Å². The molecule has 1 aliphatic heterocycles. The first-order valence-corrected chi connectivity index (χ1v) is 7.01. The van der Waals surface area contributed by atoms with Gasteiger partial charge in [0, 0.05) is 12.5 Å². The number of hydrogen-bond acceptors (Lipinski definition) is 6. The zero-order valence-electron chi connectivity index (χ0n) is 12.4. The lowest BCUT2D eigenvalue weighted by Crippen LogP contribution is -2.23. The molecular weight excluding hydrogens is 280 g/mol. The molecule has 0 fully saturated rings. The van der Waals surface area contributed by atoms with E-state index in [0.717, 1.165) is 5.56 Å². The molecule has 22 heavy (non-hydrogen) atoms. The van der Waals surface area contributed by atoms with Gasteiger partial charge < -0.3 is 20.2 Å². The van der Waals surface area contributed by atoms with Crippen LogP contribution in [0.25, 0.3) is 0 Å². The van der Waals surface area contributed by atoms with E-state index in [9.17, 15) is 5.26 Å². The van der Waals surface area contributed by atoms with E-state index < -0.39 is 5.92 Å². The highest BCUT2D eigenvalue weighted by Crippen LogP contribution is 2.43. The number of aromatic nitrogens is 1. The number of nitrogens with zero attached hydrogens (tertiary/aromatic N) is 2. The van der Waals surface area contributed by atoms with E-state index in [1.165, 1.54) is 0 Å². The molecule has 0 radical (unpaired) electrons. The van der Waals surface area contributed by atoms with Gasteiger partial charge in [0.05, 0.1) is 24.2 Å². The van der Waals surface area contributed by atoms with Gasteiger partial charge >= 0.3 is 0 Å². The second-order valence-electron chi connectivity index (χ2n) is 4.92. The van der Waals surface area contributed by atoms with Crippen LogP contribution >= 0.6 is 0 Å². The molecule has 3 rings (SSSR count). The van der Waals surface area contributed by atoms with Crippen molar-refractivity contribution in [3.05, 3.63) is 52.8 Å². The minimum Gasteiger partial charge on any atom is -0.494 e. The van der Waals surface area contributed by atoms with Gasteiger partial charge in [0.25, 0.3) is 0 Å². The fourth-order valence-electron chi connectivity index (χ4n) is 2.64. The quantitative estimate of drug-likeness (QED) is 0.903. The number of rotatable bonds is 3. The molecule has 112 valence electrons. The number of allylic oxidation sites excluding steroid dienone is 1. The fraction of sp³-hybridized carbons (Fsp3) is 0.250. The molecule has 3 N–H and O–H groups in total. The van der Waals surface area contributed by atoms with Crippen LogP contribution in [-0.4, -0.2) is 11.6 Å². The Kier molecular flexibility index (Phi) is 3.47. The standard InChI is InChI=1S/C16H16N4O2/c1-3-21-12-7-5-4-6-10(12)13-11(8-17)15(18)20-16-14(13)19-9(2)22-16/h4-7,13,20H,3,18H2,1-2H3. The smallest absolute Gasteiger partial charge is 0.223 e. The minimum absolute atomic E-state index is 0.280. The third kappa shape index (κ3) is 2.17. The number of nitrogens with one attached hydrogen (secondary N) is 1. The van der Waals surface area contributed by atoms with E-state index >= 15 is 0 Å². The first-order chi connectivity index (χ1) is 10.7. The zero-order chi connectivity index (χ0) is 15.7. The van der Waals surface area contributed by atoms with Crippen molar-refractivity contribution in [3.63, 3.8) is 0 Å². The van der Waals surface area contributed by atoms with E-state index in [1.807, 2.05) is 31.2 Å². The van der Waals surface area contributed by atoms with E-state index in [4.69, 9.17) is 14.9 Å². The Hall–Kier alpha value is -2.94. The molecule has 6 nitrogen and oxygen atoms in total. The average Bonchev–Trinajstić information content (AvgIpc) is 2.86. The van der Waals surface area contributed by atoms with Crippen molar-refractivity contribution in [3.8, 4) is 11.8 Å². The Bertz CT molecular complexity index is 786. The molecule has 0 saturated heterocycles. The largest absolute Gasteiger partial charge is 0.494 e. The molecule has 0 aliphatic carbocycles. The second-order valence-corrected chi connectivity index (χ2v) is 4.92. The number of ether oxygens (including phenoxy) is 1. The third-order valence-corrected chi connectivity index (χ3v) is 3.51. The summed E-state index contributed by atoms with van der Waals surface area (Å²) in [5.41, 5.74) is 7.89. The monoisotopic (exact) mass is 296 g/mol. The minimum atomic E-state index is -0.401. The molecule has 2 heterocycles. The van der Waals surface area contributed by atoms with Crippen molar-refractivity contribution in [1.29, 1.82) is 5.26 Å². The summed E-state index contributed by atoms with van der Waals surface area (Å²) in [6.07, 6.45) is 0. The summed E-state index contributed by atoms with van der Waals surface area (Å²) in [5.74, 6) is 1.58. The molecule has 0 spiro atoms. The number of oxazole rings is 1. The molecule has 0 amide bonds. The highest BCUT2D eigenvalue weighted by molar-refractivity contribution is 5.62. The third-order valence-electron chi connectivity index (χ3n) is 3.51. The van der Waals surface area contributed by atoms with Gasteiger partial charge in [-0.25, -0.2) is 4.98 Å². The Morgan fingerprint density at radius 1 is 1.45 bits per heavy atom. The Morgan fingerprint density at radius 3 is 2.95 bits per heavy atom. The van der Waals surface area contributed by atoms with Crippen LogP contribution in [0.4, 0.5) is 5.88 Å². The van der Waals surface area contributed by atoms with Crippen LogP contribution in [0.1, 0.15) is 30.0 Å². The number of fused-ring (bicyclic) bond motifs is 1. The van der Waals surface area contributed by atoms with Crippen LogP contribution in [-0.2, 0) is 0 Å². The molecule has 0 bridgehead atoms. The van der Waals surface area contributed by atoms with Crippen LogP contribution in [0.15, 0.2) is 40.1 Å².